The Kier molecular flexibility index (Phi) is 4.02. The number of rotatable bonds is 5. The molecule has 9 heteroatoms. The average molecular weight is 289 g/mol. The highest BCUT2D eigenvalue weighted by atomic mass is 16.6. The number of nitrogens with one attached hydrogen (secondary N) is 1. The zero-order chi connectivity index (χ0) is 15.4. The quantitative estimate of drug-likeness (QED) is 0.660. The van der Waals surface area contributed by atoms with Gasteiger partial charge in [0.1, 0.15) is 5.69 Å². The smallest absolute Gasteiger partial charge is 0.299 e. The van der Waals surface area contributed by atoms with E-state index in [1.54, 1.807) is 19.3 Å². The van der Waals surface area contributed by atoms with Crippen LogP contribution in [0.3, 0.4) is 0 Å². The molecule has 2 rings (SSSR count). The van der Waals surface area contributed by atoms with E-state index in [4.69, 9.17) is 0 Å². The second-order valence-electron chi connectivity index (χ2n) is 4.22. The molecule has 0 aliphatic carbocycles. The zero-order valence-corrected chi connectivity index (χ0v) is 11.0. The highest BCUT2D eigenvalue weighted by molar-refractivity contribution is 5.65. The van der Waals surface area contributed by atoms with Crippen LogP contribution in [0.15, 0.2) is 30.6 Å². The summed E-state index contributed by atoms with van der Waals surface area (Å²) in [6.45, 7) is 2.03. The summed E-state index contributed by atoms with van der Waals surface area (Å²) in [5, 5.41) is 24.4. The summed E-state index contributed by atoms with van der Waals surface area (Å²) in [4.78, 5) is 28.4. The lowest BCUT2D eigenvalue weighted by Gasteiger charge is -2.06. The van der Waals surface area contributed by atoms with Gasteiger partial charge in [0.15, 0.2) is 0 Å². The molecule has 0 spiro atoms. The number of benzene rings is 1. The molecule has 0 bridgehead atoms. The molecule has 0 unspecified atom stereocenters. The molecule has 0 radical (unpaired) electrons. The molecule has 21 heavy (non-hydrogen) atoms. The van der Waals surface area contributed by atoms with Crippen molar-refractivity contribution >= 4 is 17.1 Å². The van der Waals surface area contributed by atoms with Crippen molar-refractivity contribution in [3.05, 3.63) is 62.2 Å². The minimum Gasteiger partial charge on any atom is -0.374 e. The first-order valence-electron chi connectivity index (χ1n) is 5.91. The van der Waals surface area contributed by atoms with Crippen LogP contribution in [-0.4, -0.2) is 19.8 Å². The van der Waals surface area contributed by atoms with Crippen LogP contribution < -0.4 is 5.32 Å². The van der Waals surface area contributed by atoms with Crippen molar-refractivity contribution in [2.45, 2.75) is 13.5 Å². The molecular formula is C12H11N5O4. The average Bonchev–Trinajstić information content (AvgIpc) is 2.46. The summed E-state index contributed by atoms with van der Waals surface area (Å²) in [5.74, 6) is 0. The highest BCUT2D eigenvalue weighted by Gasteiger charge is 2.19. The van der Waals surface area contributed by atoms with E-state index in [-0.39, 0.29) is 23.6 Å². The van der Waals surface area contributed by atoms with Gasteiger partial charge in [-0.3, -0.25) is 30.2 Å². The Morgan fingerprint density at radius 3 is 2.48 bits per heavy atom. The van der Waals surface area contributed by atoms with Gasteiger partial charge in [0.25, 0.3) is 11.4 Å². The molecule has 0 amide bonds. The second kappa shape index (κ2) is 5.90. The zero-order valence-electron chi connectivity index (χ0n) is 11.0. The molecule has 1 aromatic heterocycles. The van der Waals surface area contributed by atoms with Gasteiger partial charge < -0.3 is 5.32 Å². The molecule has 0 aliphatic rings. The van der Waals surface area contributed by atoms with Crippen LogP contribution in [0.5, 0.6) is 0 Å². The van der Waals surface area contributed by atoms with Gasteiger partial charge in [0, 0.05) is 12.3 Å². The molecule has 1 N–H and O–H groups in total. The maximum absolute atomic E-state index is 11.0. The number of hydrogen-bond donors (Lipinski definition) is 1. The topological polar surface area (TPSA) is 124 Å². The fraction of sp³-hybridized carbons (Fsp3) is 0.167. The first kappa shape index (κ1) is 14.3. The summed E-state index contributed by atoms with van der Waals surface area (Å²) in [6.07, 6.45) is 3.14. The fourth-order valence-electron chi connectivity index (χ4n) is 1.63. The molecule has 0 saturated carbocycles. The molecular weight excluding hydrogens is 278 g/mol. The monoisotopic (exact) mass is 289 g/mol. The number of non-ortho nitro benzene ring substituents is 1. The molecule has 9 nitrogen and oxygen atoms in total. The molecule has 0 saturated heterocycles. The van der Waals surface area contributed by atoms with Gasteiger partial charge in [0.05, 0.1) is 40.0 Å². The van der Waals surface area contributed by atoms with Crippen LogP contribution in [0.25, 0.3) is 0 Å². The third-order valence-corrected chi connectivity index (χ3v) is 2.68. The predicted molar refractivity (Wildman–Crippen MR) is 73.8 cm³/mol. The number of aryl methyl sites for hydroxylation is 1. The Morgan fingerprint density at radius 1 is 1.14 bits per heavy atom. The number of anilines is 1. The minimum atomic E-state index is -0.678. The Bertz CT molecular complexity index is 687. The first-order chi connectivity index (χ1) is 9.97. The Hall–Kier alpha value is -3.10. The largest absolute Gasteiger partial charge is 0.374 e. The molecule has 1 aromatic carbocycles. The van der Waals surface area contributed by atoms with E-state index in [1.807, 2.05) is 0 Å². The Balaban J connectivity index is 2.21. The maximum Gasteiger partial charge on any atom is 0.299 e. The molecule has 2 aromatic rings. The van der Waals surface area contributed by atoms with Gasteiger partial charge in [-0.05, 0) is 13.0 Å². The van der Waals surface area contributed by atoms with Crippen molar-refractivity contribution in [1.82, 2.24) is 9.97 Å². The van der Waals surface area contributed by atoms with Crippen molar-refractivity contribution in [1.29, 1.82) is 0 Å². The first-order valence-corrected chi connectivity index (χ1v) is 5.91. The molecule has 0 atom stereocenters. The van der Waals surface area contributed by atoms with Crippen LogP contribution in [0, 0.1) is 27.2 Å². The minimum absolute atomic E-state index is 0.188. The van der Waals surface area contributed by atoms with Crippen LogP contribution in [0.4, 0.5) is 17.1 Å². The third kappa shape index (κ3) is 3.47. The van der Waals surface area contributed by atoms with Gasteiger partial charge in [-0.2, -0.15) is 0 Å². The van der Waals surface area contributed by atoms with Crippen molar-refractivity contribution in [3.63, 3.8) is 0 Å². The van der Waals surface area contributed by atoms with Crippen molar-refractivity contribution < 1.29 is 9.85 Å². The summed E-state index contributed by atoms with van der Waals surface area (Å²) >= 11 is 0. The highest BCUT2D eigenvalue weighted by Crippen LogP contribution is 2.29. The van der Waals surface area contributed by atoms with Gasteiger partial charge in [-0.15, -0.1) is 0 Å². The second-order valence-corrected chi connectivity index (χ2v) is 4.22. The van der Waals surface area contributed by atoms with E-state index >= 15 is 0 Å². The van der Waals surface area contributed by atoms with Crippen molar-refractivity contribution in [3.8, 4) is 0 Å². The normalized spacial score (nSPS) is 10.1. The summed E-state index contributed by atoms with van der Waals surface area (Å²) in [6, 6.07) is 3.43. The van der Waals surface area contributed by atoms with Gasteiger partial charge in [-0.1, -0.05) is 0 Å². The summed E-state index contributed by atoms with van der Waals surface area (Å²) in [7, 11) is 0. The number of nitrogens with zero attached hydrogens (tertiary/aromatic N) is 4. The number of hydrogen-bond acceptors (Lipinski definition) is 7. The van der Waals surface area contributed by atoms with E-state index in [1.165, 1.54) is 12.1 Å². The lowest BCUT2D eigenvalue weighted by Crippen LogP contribution is -2.05. The Morgan fingerprint density at radius 2 is 1.90 bits per heavy atom. The molecule has 0 fully saturated rings. The van der Waals surface area contributed by atoms with E-state index in [2.05, 4.69) is 15.3 Å². The standard InChI is InChI=1S/C12H11N5O4/c1-8-5-14-9(6-13-8)7-15-11-3-2-10(16(18)19)4-12(11)17(20)21/h2-6,15H,7H2,1H3. The van der Waals surface area contributed by atoms with Crippen LogP contribution >= 0.6 is 0 Å². The predicted octanol–water partition coefficient (Wildman–Crippen LogP) is 2.21. The SMILES string of the molecule is Cc1cnc(CNc2ccc([N+](=O)[O-])cc2[N+](=O)[O-])cn1. The van der Waals surface area contributed by atoms with E-state index < -0.39 is 9.85 Å². The van der Waals surface area contributed by atoms with E-state index in [0.29, 0.717) is 5.69 Å². The van der Waals surface area contributed by atoms with Crippen LogP contribution in [0.2, 0.25) is 0 Å². The van der Waals surface area contributed by atoms with Crippen molar-refractivity contribution in [2.24, 2.45) is 0 Å². The Labute approximate surface area is 119 Å². The lowest BCUT2D eigenvalue weighted by atomic mass is 10.2. The lowest BCUT2D eigenvalue weighted by molar-refractivity contribution is -0.393. The number of nitro benzene ring substituents is 2. The third-order valence-electron chi connectivity index (χ3n) is 2.68. The van der Waals surface area contributed by atoms with Gasteiger partial charge in [-0.25, -0.2) is 0 Å². The molecule has 0 aliphatic heterocycles. The van der Waals surface area contributed by atoms with Crippen LogP contribution in [0.1, 0.15) is 11.4 Å². The van der Waals surface area contributed by atoms with Gasteiger partial charge in [0.2, 0.25) is 0 Å². The molecule has 108 valence electrons. The van der Waals surface area contributed by atoms with E-state index in [9.17, 15) is 20.2 Å². The molecule has 1 heterocycles. The number of nitro groups is 2. The van der Waals surface area contributed by atoms with Crippen molar-refractivity contribution in [2.75, 3.05) is 5.32 Å². The maximum atomic E-state index is 11.0. The number of aromatic nitrogens is 2. The van der Waals surface area contributed by atoms with E-state index in [0.717, 1.165) is 11.8 Å². The summed E-state index contributed by atoms with van der Waals surface area (Å²) in [5.41, 5.74) is 0.868. The van der Waals surface area contributed by atoms with Gasteiger partial charge >= 0.3 is 0 Å². The fourth-order valence-corrected chi connectivity index (χ4v) is 1.63. The summed E-state index contributed by atoms with van der Waals surface area (Å²) < 4.78 is 0. The van der Waals surface area contributed by atoms with Crippen LogP contribution in [-0.2, 0) is 6.54 Å².